The molecule has 0 spiro atoms. The molecule has 0 saturated carbocycles. The summed E-state index contributed by atoms with van der Waals surface area (Å²) in [7, 11) is 0. The van der Waals surface area contributed by atoms with Crippen molar-refractivity contribution in [3.05, 3.63) is 0 Å². The second-order valence-electron chi connectivity index (χ2n) is 3.68. The van der Waals surface area contributed by atoms with Crippen molar-refractivity contribution in [2.24, 2.45) is 4.99 Å². The molecule has 72 valence electrons. The van der Waals surface area contributed by atoms with Gasteiger partial charge in [-0.15, -0.1) is 0 Å². The molecule has 2 atom stereocenters. The third-order valence-electron chi connectivity index (χ3n) is 2.82. The molecule has 0 radical (unpaired) electrons. The molecule has 0 amide bonds. The van der Waals surface area contributed by atoms with Gasteiger partial charge < -0.3 is 4.74 Å². The first-order valence-corrected chi connectivity index (χ1v) is 4.79. The van der Waals surface area contributed by atoms with Crippen molar-refractivity contribution in [2.45, 2.75) is 25.0 Å². The second kappa shape index (κ2) is 4.01. The predicted molar refractivity (Wildman–Crippen MR) is 47.3 cm³/mol. The molecule has 2 aliphatic rings. The van der Waals surface area contributed by atoms with Gasteiger partial charge >= 0.3 is 0 Å². The highest BCUT2D eigenvalue weighted by atomic mass is 16.5. The van der Waals surface area contributed by atoms with E-state index in [2.05, 4.69) is 9.89 Å². The van der Waals surface area contributed by atoms with Crippen LogP contribution in [0.4, 0.5) is 0 Å². The Morgan fingerprint density at radius 2 is 2.54 bits per heavy atom. The molecule has 0 N–H and O–H groups in total. The van der Waals surface area contributed by atoms with Crippen molar-refractivity contribution in [1.29, 1.82) is 0 Å². The summed E-state index contributed by atoms with van der Waals surface area (Å²) in [4.78, 5) is 15.9. The zero-order valence-electron chi connectivity index (χ0n) is 7.61. The molecule has 2 fully saturated rings. The Balaban J connectivity index is 1.86. The zero-order chi connectivity index (χ0) is 9.10. The van der Waals surface area contributed by atoms with Crippen molar-refractivity contribution >= 4 is 6.08 Å². The normalized spacial score (nSPS) is 33.8. The Morgan fingerprint density at radius 3 is 3.38 bits per heavy atom. The van der Waals surface area contributed by atoms with Crippen LogP contribution in [0.1, 0.15) is 12.8 Å². The quantitative estimate of drug-likeness (QED) is 0.452. The second-order valence-corrected chi connectivity index (χ2v) is 3.68. The molecular formula is C9H14N2O2. The molecule has 13 heavy (non-hydrogen) atoms. The van der Waals surface area contributed by atoms with Crippen LogP contribution < -0.4 is 0 Å². The highest BCUT2D eigenvalue weighted by Gasteiger charge is 2.31. The third kappa shape index (κ3) is 1.97. The topological polar surface area (TPSA) is 41.9 Å². The molecule has 2 unspecified atom stereocenters. The molecule has 0 aromatic heterocycles. The summed E-state index contributed by atoms with van der Waals surface area (Å²) in [5.41, 5.74) is 0. The molecular weight excluding hydrogens is 168 g/mol. The molecule has 0 aliphatic carbocycles. The summed E-state index contributed by atoms with van der Waals surface area (Å²) < 4.78 is 5.58. The van der Waals surface area contributed by atoms with Crippen LogP contribution in [-0.4, -0.2) is 49.4 Å². The Hall–Kier alpha value is -0.700. The van der Waals surface area contributed by atoms with Gasteiger partial charge in [0.1, 0.15) is 0 Å². The molecule has 2 rings (SSSR count). The molecule has 2 heterocycles. The largest absolute Gasteiger partial charge is 0.373 e. The smallest absolute Gasteiger partial charge is 0.235 e. The molecule has 2 aliphatic heterocycles. The van der Waals surface area contributed by atoms with Gasteiger partial charge in [0, 0.05) is 12.6 Å². The van der Waals surface area contributed by atoms with Gasteiger partial charge in [-0.2, -0.15) is 0 Å². The van der Waals surface area contributed by atoms with Gasteiger partial charge in [-0.05, 0) is 19.4 Å². The van der Waals surface area contributed by atoms with Gasteiger partial charge in [0.05, 0.1) is 19.3 Å². The number of ether oxygens (including phenoxy) is 1. The summed E-state index contributed by atoms with van der Waals surface area (Å²) in [5.74, 6) is 0. The number of hydrogen-bond acceptors (Lipinski definition) is 4. The Kier molecular flexibility index (Phi) is 2.74. The lowest BCUT2D eigenvalue weighted by atomic mass is 10.2. The molecule has 2 saturated heterocycles. The van der Waals surface area contributed by atoms with E-state index in [1.165, 1.54) is 19.4 Å². The Bertz CT molecular complexity index is 226. The van der Waals surface area contributed by atoms with Gasteiger partial charge in [-0.3, -0.25) is 4.90 Å². The number of fused-ring (bicyclic) bond motifs is 1. The van der Waals surface area contributed by atoms with E-state index < -0.39 is 0 Å². The number of isocyanates is 1. The fourth-order valence-electron chi connectivity index (χ4n) is 2.14. The van der Waals surface area contributed by atoms with E-state index >= 15 is 0 Å². The van der Waals surface area contributed by atoms with Crippen molar-refractivity contribution < 1.29 is 9.53 Å². The summed E-state index contributed by atoms with van der Waals surface area (Å²) in [5, 5.41) is 0. The van der Waals surface area contributed by atoms with E-state index in [9.17, 15) is 4.79 Å². The summed E-state index contributed by atoms with van der Waals surface area (Å²) >= 11 is 0. The summed E-state index contributed by atoms with van der Waals surface area (Å²) in [6, 6.07) is 0.622. The van der Waals surface area contributed by atoms with Gasteiger partial charge in [-0.1, -0.05) is 0 Å². The summed E-state index contributed by atoms with van der Waals surface area (Å²) in [6.45, 7) is 3.37. The monoisotopic (exact) mass is 182 g/mol. The lowest BCUT2D eigenvalue weighted by Gasteiger charge is -2.34. The maximum absolute atomic E-state index is 9.91. The standard InChI is InChI=1S/C9H14N2O2/c12-7-10-4-9-5-11-3-1-2-8(11)6-13-9/h8-9H,1-6H2. The van der Waals surface area contributed by atoms with E-state index in [0.29, 0.717) is 12.6 Å². The summed E-state index contributed by atoms with van der Waals surface area (Å²) in [6.07, 6.45) is 4.19. The average Bonchev–Trinajstić information content (AvgIpc) is 2.61. The molecule has 0 aromatic carbocycles. The van der Waals surface area contributed by atoms with E-state index in [1.807, 2.05) is 0 Å². The van der Waals surface area contributed by atoms with Crippen LogP contribution in [-0.2, 0) is 9.53 Å². The van der Waals surface area contributed by atoms with Crippen LogP contribution in [0.5, 0.6) is 0 Å². The third-order valence-corrected chi connectivity index (χ3v) is 2.82. The van der Waals surface area contributed by atoms with E-state index in [-0.39, 0.29) is 6.10 Å². The Morgan fingerprint density at radius 1 is 1.62 bits per heavy atom. The molecule has 0 bridgehead atoms. The van der Waals surface area contributed by atoms with Crippen LogP contribution >= 0.6 is 0 Å². The van der Waals surface area contributed by atoms with Crippen LogP contribution in [0.25, 0.3) is 0 Å². The lowest BCUT2D eigenvalue weighted by Crippen LogP contribution is -2.47. The highest BCUT2D eigenvalue weighted by molar-refractivity contribution is 5.32. The minimum Gasteiger partial charge on any atom is -0.373 e. The SMILES string of the molecule is O=C=NCC1CN2CCCC2CO1. The van der Waals surface area contributed by atoms with Gasteiger partial charge in [0.25, 0.3) is 0 Å². The minimum atomic E-state index is 0.107. The van der Waals surface area contributed by atoms with Crippen molar-refractivity contribution in [3.63, 3.8) is 0 Å². The van der Waals surface area contributed by atoms with Gasteiger partial charge in [-0.25, -0.2) is 9.79 Å². The van der Waals surface area contributed by atoms with Crippen LogP contribution in [0.3, 0.4) is 0 Å². The maximum Gasteiger partial charge on any atom is 0.235 e. The first-order valence-electron chi connectivity index (χ1n) is 4.79. The van der Waals surface area contributed by atoms with Gasteiger partial charge in [0.2, 0.25) is 6.08 Å². The average molecular weight is 182 g/mol. The number of morpholine rings is 1. The van der Waals surface area contributed by atoms with Crippen LogP contribution in [0, 0.1) is 0 Å². The maximum atomic E-state index is 9.91. The van der Waals surface area contributed by atoms with Crippen LogP contribution in [0.15, 0.2) is 4.99 Å². The van der Waals surface area contributed by atoms with Gasteiger partial charge in [0.15, 0.2) is 0 Å². The van der Waals surface area contributed by atoms with Crippen LogP contribution in [0.2, 0.25) is 0 Å². The zero-order valence-corrected chi connectivity index (χ0v) is 7.61. The van der Waals surface area contributed by atoms with Crippen molar-refractivity contribution in [1.82, 2.24) is 4.90 Å². The lowest BCUT2D eigenvalue weighted by molar-refractivity contribution is -0.0431. The van der Waals surface area contributed by atoms with E-state index in [4.69, 9.17) is 4.74 Å². The van der Waals surface area contributed by atoms with Crippen molar-refractivity contribution in [3.8, 4) is 0 Å². The fourth-order valence-corrected chi connectivity index (χ4v) is 2.14. The number of rotatable bonds is 2. The van der Waals surface area contributed by atoms with E-state index in [1.54, 1.807) is 6.08 Å². The predicted octanol–water partition coefficient (Wildman–Crippen LogP) is 0.185. The minimum absolute atomic E-state index is 0.107. The fraction of sp³-hybridized carbons (Fsp3) is 0.889. The highest BCUT2D eigenvalue weighted by Crippen LogP contribution is 2.22. The van der Waals surface area contributed by atoms with E-state index in [0.717, 1.165) is 13.2 Å². The molecule has 4 heteroatoms. The first-order chi connectivity index (χ1) is 6.40. The number of aliphatic imine (C=N–C) groups is 1. The Labute approximate surface area is 77.6 Å². The number of carbonyl (C=O) groups excluding carboxylic acids is 1. The number of nitrogens with zero attached hydrogens (tertiary/aromatic N) is 2. The first kappa shape index (κ1) is 8.88. The van der Waals surface area contributed by atoms with Crippen molar-refractivity contribution in [2.75, 3.05) is 26.2 Å². The molecule has 4 nitrogen and oxygen atoms in total. The molecule has 0 aromatic rings. The number of hydrogen-bond donors (Lipinski definition) is 0.